The van der Waals surface area contributed by atoms with Crippen molar-refractivity contribution in [1.82, 2.24) is 4.98 Å². The molecule has 5 nitrogen and oxygen atoms in total. The van der Waals surface area contributed by atoms with Crippen molar-refractivity contribution in [1.29, 1.82) is 0 Å². The van der Waals surface area contributed by atoms with Crippen LogP contribution in [0.5, 0.6) is 0 Å². The predicted octanol–water partition coefficient (Wildman–Crippen LogP) is 4.35. The maximum Gasteiger partial charge on any atom is 0.257 e. The number of amides is 2. The summed E-state index contributed by atoms with van der Waals surface area (Å²) in [6, 6.07) is 17.9. The molecular formula is C19H14BrN3O2. The Morgan fingerprint density at radius 2 is 1.36 bits per heavy atom. The molecule has 2 N–H and O–H groups in total. The number of para-hydroxylation sites is 1. The van der Waals surface area contributed by atoms with E-state index in [1.165, 1.54) is 18.5 Å². The van der Waals surface area contributed by atoms with Gasteiger partial charge in [-0.25, -0.2) is 0 Å². The molecule has 0 aliphatic rings. The van der Waals surface area contributed by atoms with Crippen LogP contribution < -0.4 is 10.6 Å². The molecule has 0 bridgehead atoms. The molecule has 0 unspecified atom stereocenters. The molecule has 3 rings (SSSR count). The topological polar surface area (TPSA) is 71.1 Å². The second kappa shape index (κ2) is 7.72. The van der Waals surface area contributed by atoms with Crippen molar-refractivity contribution < 1.29 is 9.59 Å². The SMILES string of the molecule is O=C(Nc1ccccc1)c1cncc(C(=O)Nc2cccc(Br)c2)c1. The minimum Gasteiger partial charge on any atom is -0.322 e. The molecule has 2 amide bonds. The summed E-state index contributed by atoms with van der Waals surface area (Å²) in [5, 5.41) is 5.54. The van der Waals surface area contributed by atoms with Gasteiger partial charge >= 0.3 is 0 Å². The summed E-state index contributed by atoms with van der Waals surface area (Å²) in [5.74, 6) is -0.657. The highest BCUT2D eigenvalue weighted by Crippen LogP contribution is 2.17. The molecule has 6 heteroatoms. The lowest BCUT2D eigenvalue weighted by Crippen LogP contribution is -2.16. The fourth-order valence-corrected chi connectivity index (χ4v) is 2.58. The largest absolute Gasteiger partial charge is 0.322 e. The number of pyridine rings is 1. The smallest absolute Gasteiger partial charge is 0.257 e. The molecule has 0 saturated heterocycles. The fourth-order valence-electron chi connectivity index (χ4n) is 2.18. The maximum atomic E-state index is 12.4. The van der Waals surface area contributed by atoms with Gasteiger partial charge < -0.3 is 10.6 Å². The van der Waals surface area contributed by atoms with Gasteiger partial charge in [0.2, 0.25) is 0 Å². The van der Waals surface area contributed by atoms with E-state index in [4.69, 9.17) is 0 Å². The zero-order valence-corrected chi connectivity index (χ0v) is 14.7. The standard InChI is InChI=1S/C19H14BrN3O2/c20-15-5-4-8-17(10-15)23-19(25)14-9-13(11-21-12-14)18(24)22-16-6-2-1-3-7-16/h1-12H,(H,22,24)(H,23,25). The highest BCUT2D eigenvalue weighted by Gasteiger charge is 2.12. The lowest BCUT2D eigenvalue weighted by Gasteiger charge is -2.08. The summed E-state index contributed by atoms with van der Waals surface area (Å²) in [5.41, 5.74) is 1.95. The molecule has 0 atom stereocenters. The number of hydrogen-bond donors (Lipinski definition) is 2. The number of anilines is 2. The third-order valence-electron chi connectivity index (χ3n) is 3.38. The number of aromatic nitrogens is 1. The third-order valence-corrected chi connectivity index (χ3v) is 3.87. The second-order valence-electron chi connectivity index (χ2n) is 5.25. The second-order valence-corrected chi connectivity index (χ2v) is 6.16. The first kappa shape index (κ1) is 16.9. The number of rotatable bonds is 4. The van der Waals surface area contributed by atoms with Crippen LogP contribution in [0.25, 0.3) is 0 Å². The molecule has 3 aromatic rings. The Morgan fingerprint density at radius 1 is 0.760 bits per heavy atom. The third kappa shape index (κ3) is 4.51. The van der Waals surface area contributed by atoms with E-state index in [0.29, 0.717) is 22.5 Å². The van der Waals surface area contributed by atoms with Crippen LogP contribution in [0.2, 0.25) is 0 Å². The molecule has 0 fully saturated rings. The van der Waals surface area contributed by atoms with E-state index in [-0.39, 0.29) is 11.8 Å². The average molecular weight is 396 g/mol. The summed E-state index contributed by atoms with van der Waals surface area (Å²) in [7, 11) is 0. The Kier molecular flexibility index (Phi) is 5.20. The summed E-state index contributed by atoms with van der Waals surface area (Å²) >= 11 is 3.35. The molecule has 0 aliphatic heterocycles. The van der Waals surface area contributed by atoms with Gasteiger partial charge in [0.15, 0.2) is 0 Å². The van der Waals surface area contributed by atoms with Gasteiger partial charge in [0.1, 0.15) is 0 Å². The number of carbonyl (C=O) groups excluding carboxylic acids is 2. The average Bonchev–Trinajstić information content (AvgIpc) is 2.62. The molecule has 0 spiro atoms. The minimum absolute atomic E-state index is 0.306. The maximum absolute atomic E-state index is 12.4. The first-order valence-electron chi connectivity index (χ1n) is 7.50. The Morgan fingerprint density at radius 3 is 2.00 bits per heavy atom. The van der Waals surface area contributed by atoms with Gasteiger partial charge in [-0.3, -0.25) is 14.6 Å². The number of halogens is 1. The van der Waals surface area contributed by atoms with Crippen molar-refractivity contribution in [2.75, 3.05) is 10.6 Å². The fraction of sp³-hybridized carbons (Fsp3) is 0. The molecule has 0 aliphatic carbocycles. The van der Waals surface area contributed by atoms with Crippen LogP contribution in [-0.4, -0.2) is 16.8 Å². The Bertz CT molecular complexity index is 913. The Balaban J connectivity index is 1.74. The van der Waals surface area contributed by atoms with Crippen LogP contribution in [-0.2, 0) is 0 Å². The molecule has 0 radical (unpaired) electrons. The first-order valence-corrected chi connectivity index (χ1v) is 8.29. The predicted molar refractivity (Wildman–Crippen MR) is 101 cm³/mol. The molecule has 1 heterocycles. The number of benzene rings is 2. The molecule has 124 valence electrons. The molecular weight excluding hydrogens is 382 g/mol. The van der Waals surface area contributed by atoms with Crippen molar-refractivity contribution in [3.8, 4) is 0 Å². The number of carbonyl (C=O) groups is 2. The van der Waals surface area contributed by atoms with E-state index in [0.717, 1.165) is 4.47 Å². The first-order chi connectivity index (χ1) is 12.1. The van der Waals surface area contributed by atoms with Crippen LogP contribution in [0.1, 0.15) is 20.7 Å². The van der Waals surface area contributed by atoms with Gasteiger partial charge in [-0.15, -0.1) is 0 Å². The highest BCUT2D eigenvalue weighted by molar-refractivity contribution is 9.10. The van der Waals surface area contributed by atoms with E-state index < -0.39 is 0 Å². The lowest BCUT2D eigenvalue weighted by atomic mass is 10.1. The zero-order chi connectivity index (χ0) is 17.6. The Hall–Kier alpha value is -2.99. The number of nitrogens with one attached hydrogen (secondary N) is 2. The van der Waals surface area contributed by atoms with Crippen molar-refractivity contribution in [3.05, 3.63) is 88.7 Å². The summed E-state index contributed by atoms with van der Waals surface area (Å²) < 4.78 is 0.861. The van der Waals surface area contributed by atoms with Crippen molar-refractivity contribution in [2.45, 2.75) is 0 Å². The van der Waals surface area contributed by atoms with Crippen molar-refractivity contribution >= 4 is 39.1 Å². The normalized spacial score (nSPS) is 10.1. The van der Waals surface area contributed by atoms with E-state index in [2.05, 4.69) is 31.5 Å². The Labute approximate surface area is 153 Å². The lowest BCUT2D eigenvalue weighted by molar-refractivity contribution is 0.102. The van der Waals surface area contributed by atoms with E-state index >= 15 is 0 Å². The molecule has 1 aromatic heterocycles. The van der Waals surface area contributed by atoms with Crippen molar-refractivity contribution in [3.63, 3.8) is 0 Å². The quantitative estimate of drug-likeness (QED) is 0.689. The van der Waals surface area contributed by atoms with Gasteiger partial charge in [0.05, 0.1) is 11.1 Å². The summed E-state index contributed by atoms with van der Waals surface area (Å²) in [6.07, 6.45) is 2.85. The number of nitrogens with zero attached hydrogens (tertiary/aromatic N) is 1. The summed E-state index contributed by atoms with van der Waals surface area (Å²) in [4.78, 5) is 28.7. The molecule has 25 heavy (non-hydrogen) atoms. The van der Waals surface area contributed by atoms with Crippen molar-refractivity contribution in [2.24, 2.45) is 0 Å². The van der Waals surface area contributed by atoms with Gasteiger partial charge in [-0.2, -0.15) is 0 Å². The van der Waals surface area contributed by atoms with Crippen LogP contribution in [0.3, 0.4) is 0 Å². The molecule has 2 aromatic carbocycles. The van der Waals surface area contributed by atoms with Gasteiger partial charge in [0.25, 0.3) is 11.8 Å². The minimum atomic E-state index is -0.333. The van der Waals surface area contributed by atoms with Crippen LogP contribution >= 0.6 is 15.9 Å². The molecule has 0 saturated carbocycles. The highest BCUT2D eigenvalue weighted by atomic mass is 79.9. The summed E-state index contributed by atoms with van der Waals surface area (Å²) in [6.45, 7) is 0. The van der Waals surface area contributed by atoms with Gasteiger partial charge in [-0.05, 0) is 36.4 Å². The van der Waals surface area contributed by atoms with E-state index in [1.54, 1.807) is 24.3 Å². The number of hydrogen-bond acceptors (Lipinski definition) is 3. The van der Waals surface area contributed by atoms with E-state index in [1.807, 2.05) is 30.3 Å². The zero-order valence-electron chi connectivity index (χ0n) is 13.1. The van der Waals surface area contributed by atoms with Crippen LogP contribution in [0.4, 0.5) is 11.4 Å². The monoisotopic (exact) mass is 395 g/mol. The van der Waals surface area contributed by atoms with Gasteiger partial charge in [-0.1, -0.05) is 40.2 Å². The van der Waals surface area contributed by atoms with Gasteiger partial charge in [0, 0.05) is 28.2 Å². The van der Waals surface area contributed by atoms with Crippen LogP contribution in [0, 0.1) is 0 Å². The van der Waals surface area contributed by atoms with E-state index in [9.17, 15) is 9.59 Å². The van der Waals surface area contributed by atoms with Crippen LogP contribution in [0.15, 0.2) is 77.5 Å².